The summed E-state index contributed by atoms with van der Waals surface area (Å²) in [6, 6.07) is 0. The summed E-state index contributed by atoms with van der Waals surface area (Å²) in [5.41, 5.74) is 0. The standard InChI is InChI=1S/C11H23BrOSi/c1-11(2,3)14(4,5)13-10-8-6-7-9(10)12/h9-10H,6-8H2,1-5H3/t9-,10-/m1/s1. The Kier molecular flexibility index (Phi) is 3.87. The van der Waals surface area contributed by atoms with Gasteiger partial charge >= 0.3 is 0 Å². The lowest BCUT2D eigenvalue weighted by atomic mass is 10.2. The number of hydrogen-bond acceptors (Lipinski definition) is 1. The van der Waals surface area contributed by atoms with Gasteiger partial charge in [0, 0.05) is 4.83 Å². The average Bonchev–Trinajstić information content (AvgIpc) is 2.33. The molecule has 1 aliphatic rings. The lowest BCUT2D eigenvalue weighted by Crippen LogP contribution is -2.44. The molecule has 0 aliphatic heterocycles. The molecule has 0 aromatic heterocycles. The maximum atomic E-state index is 6.37. The molecule has 0 saturated heterocycles. The molecule has 0 amide bonds. The highest BCUT2D eigenvalue weighted by molar-refractivity contribution is 9.09. The molecular formula is C11H23BrOSi. The molecule has 0 heterocycles. The van der Waals surface area contributed by atoms with Crippen LogP contribution < -0.4 is 0 Å². The molecule has 1 rings (SSSR count). The average molecular weight is 279 g/mol. The molecule has 1 saturated carbocycles. The van der Waals surface area contributed by atoms with E-state index in [4.69, 9.17) is 4.43 Å². The minimum Gasteiger partial charge on any atom is -0.413 e. The zero-order valence-electron chi connectivity index (χ0n) is 10.1. The van der Waals surface area contributed by atoms with Crippen molar-refractivity contribution < 1.29 is 4.43 Å². The zero-order chi connectivity index (χ0) is 11.0. The van der Waals surface area contributed by atoms with E-state index in [0.29, 0.717) is 16.0 Å². The van der Waals surface area contributed by atoms with E-state index < -0.39 is 8.32 Å². The molecule has 0 spiro atoms. The molecule has 1 nitrogen and oxygen atoms in total. The number of alkyl halides is 1. The summed E-state index contributed by atoms with van der Waals surface area (Å²) in [6.45, 7) is 11.6. The Morgan fingerprint density at radius 2 is 1.79 bits per heavy atom. The second kappa shape index (κ2) is 4.26. The summed E-state index contributed by atoms with van der Waals surface area (Å²) in [7, 11) is -1.54. The molecule has 3 heteroatoms. The predicted octanol–water partition coefficient (Wildman–Crippen LogP) is 4.32. The van der Waals surface area contributed by atoms with Gasteiger partial charge in [-0.2, -0.15) is 0 Å². The van der Waals surface area contributed by atoms with Crippen LogP contribution in [0.4, 0.5) is 0 Å². The fourth-order valence-corrected chi connectivity index (χ4v) is 3.86. The van der Waals surface area contributed by atoms with Gasteiger partial charge < -0.3 is 4.43 Å². The summed E-state index contributed by atoms with van der Waals surface area (Å²) >= 11 is 3.72. The first-order valence-electron chi connectivity index (χ1n) is 5.56. The van der Waals surface area contributed by atoms with Gasteiger partial charge in [0.15, 0.2) is 8.32 Å². The summed E-state index contributed by atoms with van der Waals surface area (Å²) < 4.78 is 6.37. The van der Waals surface area contributed by atoms with Crippen molar-refractivity contribution in [2.75, 3.05) is 0 Å². The maximum absolute atomic E-state index is 6.37. The van der Waals surface area contributed by atoms with Crippen molar-refractivity contribution in [2.45, 2.75) is 69.1 Å². The Balaban J connectivity index is 2.58. The van der Waals surface area contributed by atoms with E-state index in [-0.39, 0.29) is 0 Å². The lowest BCUT2D eigenvalue weighted by molar-refractivity contribution is 0.194. The van der Waals surface area contributed by atoms with Crippen LogP contribution in [0.15, 0.2) is 0 Å². The van der Waals surface area contributed by atoms with Crippen LogP contribution in [0.5, 0.6) is 0 Å². The van der Waals surface area contributed by atoms with E-state index in [2.05, 4.69) is 49.8 Å². The second-order valence-corrected chi connectivity index (χ2v) is 11.8. The van der Waals surface area contributed by atoms with E-state index in [1.807, 2.05) is 0 Å². The Hall–Kier alpha value is 0.657. The second-order valence-electron chi connectivity index (χ2n) is 5.86. The van der Waals surface area contributed by atoms with Gasteiger partial charge in [-0.15, -0.1) is 0 Å². The van der Waals surface area contributed by atoms with Crippen molar-refractivity contribution in [3.8, 4) is 0 Å². The molecule has 0 aromatic rings. The van der Waals surface area contributed by atoms with Crippen LogP contribution in [0.1, 0.15) is 40.0 Å². The summed E-state index contributed by atoms with van der Waals surface area (Å²) in [5.74, 6) is 0. The van der Waals surface area contributed by atoms with Crippen LogP contribution in [-0.4, -0.2) is 19.2 Å². The van der Waals surface area contributed by atoms with E-state index in [9.17, 15) is 0 Å². The molecule has 1 aliphatic carbocycles. The first-order chi connectivity index (χ1) is 6.24. The Bertz CT molecular complexity index is 198. The third kappa shape index (κ3) is 2.83. The maximum Gasteiger partial charge on any atom is 0.192 e. The van der Waals surface area contributed by atoms with Crippen molar-refractivity contribution in [3.63, 3.8) is 0 Å². The van der Waals surface area contributed by atoms with Crippen LogP contribution >= 0.6 is 15.9 Å². The minimum atomic E-state index is -1.54. The van der Waals surface area contributed by atoms with E-state index in [1.165, 1.54) is 19.3 Å². The minimum absolute atomic E-state index is 0.336. The van der Waals surface area contributed by atoms with Gasteiger partial charge in [0.1, 0.15) is 0 Å². The third-order valence-electron chi connectivity index (χ3n) is 3.62. The zero-order valence-corrected chi connectivity index (χ0v) is 12.6. The molecule has 0 aromatic carbocycles. The molecular weight excluding hydrogens is 256 g/mol. The first kappa shape index (κ1) is 12.7. The van der Waals surface area contributed by atoms with Gasteiger partial charge in [0.25, 0.3) is 0 Å². The molecule has 0 bridgehead atoms. The monoisotopic (exact) mass is 278 g/mol. The molecule has 84 valence electrons. The van der Waals surface area contributed by atoms with Crippen LogP contribution in [-0.2, 0) is 4.43 Å². The number of rotatable bonds is 2. The van der Waals surface area contributed by atoms with Crippen molar-refractivity contribution in [3.05, 3.63) is 0 Å². The van der Waals surface area contributed by atoms with Gasteiger partial charge in [-0.1, -0.05) is 36.7 Å². The normalized spacial score (nSPS) is 29.6. The molecule has 2 atom stereocenters. The highest BCUT2D eigenvalue weighted by Crippen LogP contribution is 2.40. The van der Waals surface area contributed by atoms with Crippen LogP contribution in [0, 0.1) is 0 Å². The fourth-order valence-electron chi connectivity index (χ4n) is 1.57. The highest BCUT2D eigenvalue weighted by atomic mass is 79.9. The lowest BCUT2D eigenvalue weighted by Gasteiger charge is -2.39. The highest BCUT2D eigenvalue weighted by Gasteiger charge is 2.41. The first-order valence-corrected chi connectivity index (χ1v) is 9.38. The summed E-state index contributed by atoms with van der Waals surface area (Å²) in [6.07, 6.45) is 4.30. The van der Waals surface area contributed by atoms with Gasteiger partial charge in [-0.3, -0.25) is 0 Å². The van der Waals surface area contributed by atoms with E-state index in [0.717, 1.165) is 0 Å². The van der Waals surface area contributed by atoms with Crippen LogP contribution in [0.2, 0.25) is 18.1 Å². The van der Waals surface area contributed by atoms with Crippen molar-refractivity contribution in [2.24, 2.45) is 0 Å². The number of halogens is 1. The molecule has 14 heavy (non-hydrogen) atoms. The van der Waals surface area contributed by atoms with Crippen molar-refractivity contribution in [1.82, 2.24) is 0 Å². The quantitative estimate of drug-likeness (QED) is 0.540. The van der Waals surface area contributed by atoms with Crippen molar-refractivity contribution in [1.29, 1.82) is 0 Å². The predicted molar refractivity (Wildman–Crippen MR) is 68.6 cm³/mol. The van der Waals surface area contributed by atoms with E-state index in [1.54, 1.807) is 0 Å². The Labute approximate surface area is 97.9 Å². The van der Waals surface area contributed by atoms with Crippen LogP contribution in [0.25, 0.3) is 0 Å². The van der Waals surface area contributed by atoms with Gasteiger partial charge in [-0.25, -0.2) is 0 Å². The van der Waals surface area contributed by atoms with Crippen molar-refractivity contribution >= 4 is 24.2 Å². The summed E-state index contributed by atoms with van der Waals surface area (Å²) in [4.78, 5) is 0.594. The number of hydrogen-bond donors (Lipinski definition) is 0. The van der Waals surface area contributed by atoms with E-state index >= 15 is 0 Å². The molecule has 0 N–H and O–H groups in total. The molecule has 0 unspecified atom stereocenters. The Morgan fingerprint density at radius 3 is 2.14 bits per heavy atom. The topological polar surface area (TPSA) is 9.23 Å². The summed E-state index contributed by atoms with van der Waals surface area (Å²) in [5, 5.41) is 0.336. The third-order valence-corrected chi connectivity index (χ3v) is 9.18. The SMILES string of the molecule is CC(C)(C)[Si](C)(C)O[C@@H]1CCC[C@H]1Br. The van der Waals surface area contributed by atoms with Gasteiger partial charge in [0.2, 0.25) is 0 Å². The smallest absolute Gasteiger partial charge is 0.192 e. The van der Waals surface area contributed by atoms with Gasteiger partial charge in [-0.05, 0) is 37.4 Å². The molecule has 0 radical (unpaired) electrons. The molecule has 1 fully saturated rings. The fraction of sp³-hybridized carbons (Fsp3) is 1.00. The Morgan fingerprint density at radius 1 is 1.21 bits per heavy atom. The van der Waals surface area contributed by atoms with Crippen LogP contribution in [0.3, 0.4) is 0 Å². The largest absolute Gasteiger partial charge is 0.413 e. The van der Waals surface area contributed by atoms with Gasteiger partial charge in [0.05, 0.1) is 6.10 Å².